The van der Waals surface area contributed by atoms with Gasteiger partial charge in [0.25, 0.3) is 0 Å². The largest absolute Gasteiger partial charge is 0.381 e. The molecule has 2 unspecified atom stereocenters. The standard InChI is InChI=1S/C20H36N4O4/c1-15-4-7-20(8-5-15)27-14-17(28-20)11-22-19(23-12-18(25)24(2)3)21-10-16-6-9-26-13-16/h15-17H,4-14H2,1-3H3,(H2,21,22,23). The molecule has 2 saturated heterocycles. The summed E-state index contributed by atoms with van der Waals surface area (Å²) in [4.78, 5) is 17.9. The molecule has 2 heterocycles. The van der Waals surface area contributed by atoms with Crippen LogP contribution in [-0.4, -0.2) is 82.2 Å². The molecule has 1 spiro atoms. The number of aliphatic imine (C=N–C) groups is 1. The Labute approximate surface area is 168 Å². The van der Waals surface area contributed by atoms with Crippen molar-refractivity contribution in [3.05, 3.63) is 0 Å². The predicted molar refractivity (Wildman–Crippen MR) is 107 cm³/mol. The van der Waals surface area contributed by atoms with Crippen molar-refractivity contribution in [3.8, 4) is 0 Å². The number of hydrogen-bond donors (Lipinski definition) is 2. The smallest absolute Gasteiger partial charge is 0.243 e. The summed E-state index contributed by atoms with van der Waals surface area (Å²) in [6.07, 6.45) is 5.32. The fourth-order valence-electron chi connectivity index (χ4n) is 3.84. The summed E-state index contributed by atoms with van der Waals surface area (Å²) in [5.74, 6) is 1.47. The third-order valence-electron chi connectivity index (χ3n) is 5.90. The second kappa shape index (κ2) is 9.89. The molecule has 2 aliphatic heterocycles. The summed E-state index contributed by atoms with van der Waals surface area (Å²) in [6.45, 7) is 6.00. The second-order valence-electron chi connectivity index (χ2n) is 8.59. The van der Waals surface area contributed by atoms with Crippen molar-refractivity contribution in [2.45, 2.75) is 50.9 Å². The summed E-state index contributed by atoms with van der Waals surface area (Å²) in [5.41, 5.74) is 0. The number of ether oxygens (including phenoxy) is 3. The third-order valence-corrected chi connectivity index (χ3v) is 5.90. The van der Waals surface area contributed by atoms with E-state index in [0.717, 1.165) is 57.8 Å². The lowest BCUT2D eigenvalue weighted by atomic mass is 9.86. The Hall–Kier alpha value is -1.38. The highest BCUT2D eigenvalue weighted by Crippen LogP contribution is 2.39. The first kappa shape index (κ1) is 21.3. The van der Waals surface area contributed by atoms with Gasteiger partial charge in [-0.15, -0.1) is 0 Å². The number of guanidine groups is 1. The number of carbonyl (C=O) groups is 1. The Morgan fingerprint density at radius 2 is 1.89 bits per heavy atom. The first-order valence-electron chi connectivity index (χ1n) is 10.6. The highest BCUT2D eigenvalue weighted by molar-refractivity contribution is 5.84. The van der Waals surface area contributed by atoms with Crippen LogP contribution in [0.1, 0.15) is 39.0 Å². The van der Waals surface area contributed by atoms with Gasteiger partial charge < -0.3 is 29.7 Å². The van der Waals surface area contributed by atoms with Crippen LogP contribution in [0.3, 0.4) is 0 Å². The Bertz CT molecular complexity index is 540. The first-order valence-corrected chi connectivity index (χ1v) is 10.6. The lowest BCUT2D eigenvalue weighted by Gasteiger charge is -2.34. The van der Waals surface area contributed by atoms with Crippen LogP contribution in [0.15, 0.2) is 4.99 Å². The molecule has 0 bridgehead atoms. The van der Waals surface area contributed by atoms with E-state index in [1.165, 1.54) is 0 Å². The van der Waals surface area contributed by atoms with E-state index in [1.54, 1.807) is 19.0 Å². The molecule has 0 aromatic carbocycles. The molecule has 3 fully saturated rings. The Morgan fingerprint density at radius 3 is 2.57 bits per heavy atom. The Morgan fingerprint density at radius 1 is 1.14 bits per heavy atom. The number of likely N-dealkylation sites (N-methyl/N-ethyl adjacent to an activating group) is 1. The van der Waals surface area contributed by atoms with Crippen molar-refractivity contribution >= 4 is 11.9 Å². The molecule has 2 atom stereocenters. The maximum absolute atomic E-state index is 11.9. The normalized spacial score (nSPS) is 33.2. The van der Waals surface area contributed by atoms with Gasteiger partial charge in [0.1, 0.15) is 12.6 Å². The maximum Gasteiger partial charge on any atom is 0.243 e. The van der Waals surface area contributed by atoms with Gasteiger partial charge >= 0.3 is 0 Å². The fraction of sp³-hybridized carbons (Fsp3) is 0.900. The van der Waals surface area contributed by atoms with E-state index in [0.29, 0.717) is 25.0 Å². The quantitative estimate of drug-likeness (QED) is 0.514. The molecule has 8 nitrogen and oxygen atoms in total. The highest BCUT2D eigenvalue weighted by Gasteiger charge is 2.43. The molecular weight excluding hydrogens is 360 g/mol. The molecule has 3 rings (SSSR count). The predicted octanol–water partition coefficient (Wildman–Crippen LogP) is 0.968. The van der Waals surface area contributed by atoms with Crippen LogP contribution < -0.4 is 10.6 Å². The van der Waals surface area contributed by atoms with Crippen molar-refractivity contribution in [1.82, 2.24) is 15.5 Å². The molecule has 160 valence electrons. The van der Waals surface area contributed by atoms with Gasteiger partial charge in [-0.2, -0.15) is 0 Å². The van der Waals surface area contributed by atoms with Crippen LogP contribution in [0.4, 0.5) is 0 Å². The van der Waals surface area contributed by atoms with Gasteiger partial charge in [-0.25, -0.2) is 4.99 Å². The number of amides is 1. The Balaban J connectivity index is 1.48. The second-order valence-corrected chi connectivity index (χ2v) is 8.59. The van der Waals surface area contributed by atoms with E-state index >= 15 is 0 Å². The maximum atomic E-state index is 11.9. The van der Waals surface area contributed by atoms with Gasteiger partial charge in [-0.3, -0.25) is 4.79 Å². The minimum absolute atomic E-state index is 0.000213. The zero-order valence-electron chi connectivity index (χ0n) is 17.5. The molecule has 1 saturated carbocycles. The van der Waals surface area contributed by atoms with E-state index in [9.17, 15) is 4.79 Å². The molecular formula is C20H36N4O4. The molecule has 3 aliphatic rings. The van der Waals surface area contributed by atoms with E-state index in [-0.39, 0.29) is 24.3 Å². The average Bonchev–Trinajstić information content (AvgIpc) is 3.34. The van der Waals surface area contributed by atoms with Crippen LogP contribution >= 0.6 is 0 Å². The summed E-state index contributed by atoms with van der Waals surface area (Å²) in [5, 5.41) is 6.68. The molecule has 0 aromatic heterocycles. The topological polar surface area (TPSA) is 84.4 Å². The van der Waals surface area contributed by atoms with Crippen LogP contribution in [-0.2, 0) is 19.0 Å². The van der Waals surface area contributed by atoms with Crippen molar-refractivity contribution in [1.29, 1.82) is 0 Å². The molecule has 1 aliphatic carbocycles. The van der Waals surface area contributed by atoms with Crippen LogP contribution in [0, 0.1) is 11.8 Å². The molecule has 8 heteroatoms. The Kier molecular flexibility index (Phi) is 7.54. The minimum Gasteiger partial charge on any atom is -0.381 e. The van der Waals surface area contributed by atoms with Crippen molar-refractivity contribution in [2.75, 3.05) is 53.6 Å². The van der Waals surface area contributed by atoms with Gasteiger partial charge in [0.15, 0.2) is 11.7 Å². The van der Waals surface area contributed by atoms with E-state index in [2.05, 4.69) is 22.5 Å². The average molecular weight is 397 g/mol. The minimum atomic E-state index is -0.383. The van der Waals surface area contributed by atoms with E-state index in [1.807, 2.05) is 0 Å². The lowest BCUT2D eigenvalue weighted by molar-refractivity contribution is -0.191. The summed E-state index contributed by atoms with van der Waals surface area (Å²) < 4.78 is 17.7. The van der Waals surface area contributed by atoms with Gasteiger partial charge in [0.05, 0.1) is 13.2 Å². The number of nitrogens with zero attached hydrogens (tertiary/aromatic N) is 2. The zero-order chi connectivity index (χ0) is 20.0. The molecule has 0 aromatic rings. The number of hydrogen-bond acceptors (Lipinski definition) is 5. The first-order chi connectivity index (χ1) is 13.5. The fourth-order valence-corrected chi connectivity index (χ4v) is 3.84. The summed E-state index contributed by atoms with van der Waals surface area (Å²) in [6, 6.07) is 0. The van der Waals surface area contributed by atoms with Gasteiger partial charge in [-0.05, 0) is 25.2 Å². The van der Waals surface area contributed by atoms with Crippen molar-refractivity contribution < 1.29 is 19.0 Å². The van der Waals surface area contributed by atoms with Crippen LogP contribution in [0.5, 0.6) is 0 Å². The molecule has 2 N–H and O–H groups in total. The molecule has 28 heavy (non-hydrogen) atoms. The lowest BCUT2D eigenvalue weighted by Crippen LogP contribution is -2.44. The van der Waals surface area contributed by atoms with Gasteiger partial charge in [0, 0.05) is 52.6 Å². The van der Waals surface area contributed by atoms with Gasteiger partial charge in [0.2, 0.25) is 5.91 Å². The molecule has 1 amide bonds. The van der Waals surface area contributed by atoms with Gasteiger partial charge in [-0.1, -0.05) is 6.92 Å². The van der Waals surface area contributed by atoms with Crippen LogP contribution in [0.25, 0.3) is 0 Å². The van der Waals surface area contributed by atoms with E-state index < -0.39 is 0 Å². The monoisotopic (exact) mass is 396 g/mol. The summed E-state index contributed by atoms with van der Waals surface area (Å²) in [7, 11) is 3.48. The molecule has 0 radical (unpaired) electrons. The summed E-state index contributed by atoms with van der Waals surface area (Å²) >= 11 is 0. The van der Waals surface area contributed by atoms with Crippen LogP contribution in [0.2, 0.25) is 0 Å². The SMILES string of the molecule is CC1CCC2(CC1)OCC(CNC(=NCC(=O)N(C)C)NCC1CCOC1)O2. The van der Waals surface area contributed by atoms with E-state index in [4.69, 9.17) is 14.2 Å². The van der Waals surface area contributed by atoms with Crippen molar-refractivity contribution in [2.24, 2.45) is 16.8 Å². The van der Waals surface area contributed by atoms with Crippen molar-refractivity contribution in [3.63, 3.8) is 0 Å². The number of rotatable bonds is 6. The third kappa shape index (κ3) is 6.06. The number of carbonyl (C=O) groups excluding carboxylic acids is 1. The highest BCUT2D eigenvalue weighted by atomic mass is 16.7. The number of nitrogens with one attached hydrogen (secondary N) is 2. The zero-order valence-corrected chi connectivity index (χ0v) is 17.5.